The Morgan fingerprint density at radius 2 is 1.57 bits per heavy atom. The van der Waals surface area contributed by atoms with Crippen molar-refractivity contribution in [3.8, 4) is 6.01 Å². The Kier molecular flexibility index (Phi) is 19.9. The molecule has 0 spiro atoms. The molecule has 0 aliphatic heterocycles. The number of nitrogens with zero attached hydrogens (tertiary/aromatic N) is 3. The second kappa shape index (κ2) is 19.0. The van der Waals surface area contributed by atoms with Crippen LogP contribution in [0, 0.1) is 13.8 Å². The number of hydrogen-bond donors (Lipinski definition) is 1. The van der Waals surface area contributed by atoms with Crippen LogP contribution in [0.15, 0.2) is 18.2 Å². The Balaban J connectivity index is -0.000000627. The first-order valence-corrected chi connectivity index (χ1v) is 8.74. The second-order valence-corrected chi connectivity index (χ2v) is 4.79. The SMILES string of the molecule is C=O.C=O.CC.CC(F)F.CNc1c(C)cccc1C(=O)c1nc(C)nc(OC)n1. The van der Waals surface area contributed by atoms with Crippen LogP contribution in [0.25, 0.3) is 0 Å². The molecule has 0 unspecified atom stereocenters. The van der Waals surface area contributed by atoms with Crippen LogP contribution in [0.2, 0.25) is 0 Å². The van der Waals surface area contributed by atoms with Gasteiger partial charge >= 0.3 is 6.01 Å². The molecule has 168 valence electrons. The van der Waals surface area contributed by atoms with Gasteiger partial charge in [0.25, 0.3) is 0 Å². The topological polar surface area (TPSA) is 111 Å². The van der Waals surface area contributed by atoms with Crippen molar-refractivity contribution in [2.24, 2.45) is 0 Å². The van der Waals surface area contributed by atoms with Gasteiger partial charge in [0, 0.05) is 18.3 Å². The van der Waals surface area contributed by atoms with E-state index in [1.165, 1.54) is 7.11 Å². The van der Waals surface area contributed by atoms with Crippen molar-refractivity contribution in [1.29, 1.82) is 0 Å². The Hall–Kier alpha value is -3.30. The molecule has 0 saturated carbocycles. The highest BCUT2D eigenvalue weighted by Crippen LogP contribution is 2.22. The summed E-state index contributed by atoms with van der Waals surface area (Å²) in [5.41, 5.74) is 2.28. The fraction of sp³-hybridized carbons (Fsp3) is 0.400. The molecule has 30 heavy (non-hydrogen) atoms. The summed E-state index contributed by atoms with van der Waals surface area (Å²) in [4.78, 5) is 40.6. The maximum atomic E-state index is 12.6. The van der Waals surface area contributed by atoms with Crippen LogP contribution in [0.5, 0.6) is 6.01 Å². The van der Waals surface area contributed by atoms with Gasteiger partial charge in [0.05, 0.1) is 7.11 Å². The van der Waals surface area contributed by atoms with Gasteiger partial charge in [0.2, 0.25) is 18.0 Å². The van der Waals surface area contributed by atoms with Crippen LogP contribution in [0.4, 0.5) is 14.5 Å². The highest BCUT2D eigenvalue weighted by Gasteiger charge is 2.18. The predicted molar refractivity (Wildman–Crippen MR) is 113 cm³/mol. The van der Waals surface area contributed by atoms with E-state index in [1.54, 1.807) is 20.0 Å². The zero-order chi connectivity index (χ0) is 24.3. The predicted octanol–water partition coefficient (Wildman–Crippen LogP) is 3.70. The Morgan fingerprint density at radius 1 is 1.07 bits per heavy atom. The number of ether oxygens (including phenoxy) is 1. The van der Waals surface area contributed by atoms with Gasteiger partial charge in [0.15, 0.2) is 0 Å². The van der Waals surface area contributed by atoms with Crippen LogP contribution in [-0.4, -0.2) is 54.9 Å². The van der Waals surface area contributed by atoms with Gasteiger partial charge in [-0.05, 0) is 32.4 Å². The number of carbonyl (C=O) groups is 3. The smallest absolute Gasteiger partial charge is 0.320 e. The highest BCUT2D eigenvalue weighted by molar-refractivity contribution is 6.10. The molecule has 0 bridgehead atoms. The number of aromatic nitrogens is 3. The number of rotatable bonds is 4. The number of hydrogen-bond acceptors (Lipinski definition) is 8. The van der Waals surface area contributed by atoms with Crippen molar-refractivity contribution in [2.75, 3.05) is 19.5 Å². The lowest BCUT2D eigenvalue weighted by atomic mass is 10.0. The molecule has 8 nitrogen and oxygen atoms in total. The number of benzene rings is 1. The highest BCUT2D eigenvalue weighted by atomic mass is 19.3. The Bertz CT molecular complexity index is 742. The molecule has 0 fully saturated rings. The summed E-state index contributed by atoms with van der Waals surface area (Å²) in [5.74, 6) is 0.261. The molecule has 0 atom stereocenters. The average molecular weight is 428 g/mol. The van der Waals surface area contributed by atoms with Crippen molar-refractivity contribution < 1.29 is 27.9 Å². The maximum Gasteiger partial charge on any atom is 0.320 e. The third-order valence-corrected chi connectivity index (χ3v) is 2.88. The first-order chi connectivity index (χ1) is 14.3. The van der Waals surface area contributed by atoms with E-state index in [2.05, 4.69) is 20.3 Å². The number of para-hydroxylation sites is 1. The summed E-state index contributed by atoms with van der Waals surface area (Å²) in [5, 5.41) is 3.03. The van der Waals surface area contributed by atoms with E-state index in [0.29, 0.717) is 11.4 Å². The number of alkyl halides is 2. The third kappa shape index (κ3) is 11.5. The van der Waals surface area contributed by atoms with E-state index in [4.69, 9.17) is 14.3 Å². The molecular formula is C20H30F2N4O4. The lowest BCUT2D eigenvalue weighted by molar-refractivity contribution is -0.0987. The van der Waals surface area contributed by atoms with Gasteiger partial charge in [0.1, 0.15) is 19.4 Å². The Labute approximate surface area is 176 Å². The fourth-order valence-corrected chi connectivity index (χ4v) is 1.96. The minimum Gasteiger partial charge on any atom is -0.467 e. The first-order valence-electron chi connectivity index (χ1n) is 8.74. The molecule has 10 heteroatoms. The molecule has 1 aromatic carbocycles. The molecule has 1 aromatic heterocycles. The Morgan fingerprint density at radius 3 is 2.00 bits per heavy atom. The van der Waals surface area contributed by atoms with Gasteiger partial charge in [-0.25, -0.2) is 13.8 Å². The lowest BCUT2D eigenvalue weighted by Crippen LogP contribution is -2.13. The number of nitrogens with one attached hydrogen (secondary N) is 1. The van der Waals surface area contributed by atoms with Crippen molar-refractivity contribution in [2.45, 2.75) is 41.0 Å². The quantitative estimate of drug-likeness (QED) is 0.734. The van der Waals surface area contributed by atoms with Gasteiger partial charge in [-0.2, -0.15) is 9.97 Å². The van der Waals surface area contributed by atoms with Gasteiger partial charge < -0.3 is 19.6 Å². The molecule has 0 aliphatic rings. The number of anilines is 1. The second-order valence-electron chi connectivity index (χ2n) is 4.79. The third-order valence-electron chi connectivity index (χ3n) is 2.88. The average Bonchev–Trinajstić information content (AvgIpc) is 2.76. The van der Waals surface area contributed by atoms with E-state index >= 15 is 0 Å². The van der Waals surface area contributed by atoms with E-state index < -0.39 is 6.43 Å². The summed E-state index contributed by atoms with van der Waals surface area (Å²) in [6.45, 7) is 12.5. The molecule has 2 rings (SSSR count). The fourth-order valence-electron chi connectivity index (χ4n) is 1.96. The molecule has 0 saturated heterocycles. The maximum absolute atomic E-state index is 12.6. The largest absolute Gasteiger partial charge is 0.467 e. The van der Waals surface area contributed by atoms with Gasteiger partial charge in [-0.3, -0.25) is 4.79 Å². The lowest BCUT2D eigenvalue weighted by Gasteiger charge is -2.10. The monoisotopic (exact) mass is 428 g/mol. The summed E-state index contributed by atoms with van der Waals surface area (Å²) >= 11 is 0. The summed E-state index contributed by atoms with van der Waals surface area (Å²) in [6.07, 6.45) is -2.17. The standard InChI is InChI=1S/C14H16N4O2.C2H4F2.C2H6.2CH2O/c1-8-6-5-7-10(11(8)15-3)12(19)13-16-9(2)17-14(18-13)20-4;1-2(3)4;3*1-2/h5-7,15H,1-4H3;2H,1H3;1-2H3;2*1H2. The van der Waals surface area contributed by atoms with Crippen LogP contribution in [0.3, 0.4) is 0 Å². The molecule has 2 aromatic rings. The number of ketones is 1. The zero-order valence-electron chi connectivity index (χ0n) is 18.5. The summed E-state index contributed by atoms with van der Waals surface area (Å²) < 4.78 is 25.6. The molecular weight excluding hydrogens is 398 g/mol. The number of aryl methyl sites for hydroxylation is 2. The van der Waals surface area contributed by atoms with Crippen LogP contribution in [0.1, 0.15) is 48.3 Å². The molecule has 1 N–H and O–H groups in total. The minimum absolute atomic E-state index is 0.0800. The molecule has 0 amide bonds. The zero-order valence-corrected chi connectivity index (χ0v) is 18.5. The van der Waals surface area contributed by atoms with Crippen molar-refractivity contribution in [3.05, 3.63) is 41.0 Å². The number of methoxy groups -OCH3 is 1. The van der Waals surface area contributed by atoms with Gasteiger partial charge in [-0.15, -0.1) is 0 Å². The van der Waals surface area contributed by atoms with E-state index in [0.717, 1.165) is 18.2 Å². The van der Waals surface area contributed by atoms with Crippen molar-refractivity contribution in [3.63, 3.8) is 0 Å². The molecule has 0 radical (unpaired) electrons. The minimum atomic E-state index is -2.17. The van der Waals surface area contributed by atoms with Crippen LogP contribution < -0.4 is 10.1 Å². The van der Waals surface area contributed by atoms with E-state index in [9.17, 15) is 13.6 Å². The molecule has 0 aliphatic carbocycles. The number of halogens is 2. The van der Waals surface area contributed by atoms with Gasteiger partial charge in [-0.1, -0.05) is 26.0 Å². The van der Waals surface area contributed by atoms with Crippen molar-refractivity contribution in [1.82, 2.24) is 15.0 Å². The first kappa shape index (κ1) is 31.4. The summed E-state index contributed by atoms with van der Waals surface area (Å²) in [7, 11) is 3.23. The van der Waals surface area contributed by atoms with Crippen LogP contribution >= 0.6 is 0 Å². The number of carbonyl (C=O) groups excluding carboxylic acids is 3. The van der Waals surface area contributed by atoms with Crippen LogP contribution in [-0.2, 0) is 9.59 Å². The van der Waals surface area contributed by atoms with Crippen molar-refractivity contribution >= 4 is 25.0 Å². The normalized spacial score (nSPS) is 8.47. The van der Waals surface area contributed by atoms with E-state index in [1.807, 2.05) is 46.5 Å². The molecule has 1 heterocycles. The summed E-state index contributed by atoms with van der Waals surface area (Å²) in [6, 6.07) is 5.64. The van der Waals surface area contributed by atoms with E-state index in [-0.39, 0.29) is 17.6 Å².